The second kappa shape index (κ2) is 4.97. The van der Waals surface area contributed by atoms with Crippen LogP contribution in [-0.4, -0.2) is 9.49 Å². The van der Waals surface area contributed by atoms with Gasteiger partial charge in [-0.1, -0.05) is 6.07 Å². The lowest BCUT2D eigenvalue weighted by atomic mass is 10.2. The van der Waals surface area contributed by atoms with Gasteiger partial charge in [0, 0.05) is 35.8 Å². The number of non-ortho nitro benzene ring substituents is 1. The van der Waals surface area contributed by atoms with E-state index in [0.717, 1.165) is 23.0 Å². The van der Waals surface area contributed by atoms with E-state index in [2.05, 4.69) is 0 Å². The molecule has 2 aromatic carbocycles. The molecule has 0 aliphatic rings. The Balaban J connectivity index is 1.97. The third-order valence-electron chi connectivity index (χ3n) is 3.30. The molecule has 0 spiro atoms. The molecule has 1 heterocycles. The maximum absolute atomic E-state index is 13.2. The van der Waals surface area contributed by atoms with Gasteiger partial charge in [0.05, 0.1) is 4.92 Å². The number of rotatable bonds is 3. The van der Waals surface area contributed by atoms with Crippen LogP contribution in [0.15, 0.2) is 48.7 Å². The minimum atomic E-state index is -0.889. The number of halogens is 2. The molecule has 0 bridgehead atoms. The highest BCUT2D eigenvalue weighted by Crippen LogP contribution is 2.23. The van der Waals surface area contributed by atoms with E-state index >= 15 is 0 Å². The largest absolute Gasteiger partial charge is 0.343 e. The van der Waals surface area contributed by atoms with Crippen LogP contribution >= 0.6 is 0 Å². The predicted molar refractivity (Wildman–Crippen MR) is 74.1 cm³/mol. The van der Waals surface area contributed by atoms with Gasteiger partial charge in [-0.05, 0) is 29.8 Å². The van der Waals surface area contributed by atoms with Crippen LogP contribution < -0.4 is 0 Å². The summed E-state index contributed by atoms with van der Waals surface area (Å²) in [4.78, 5) is 10.3. The van der Waals surface area contributed by atoms with Crippen LogP contribution in [0.4, 0.5) is 14.5 Å². The summed E-state index contributed by atoms with van der Waals surface area (Å²) in [7, 11) is 0. The predicted octanol–water partition coefficient (Wildman–Crippen LogP) is 3.88. The molecule has 106 valence electrons. The summed E-state index contributed by atoms with van der Waals surface area (Å²) in [6.07, 6.45) is 1.76. The Kier molecular flexibility index (Phi) is 3.13. The fraction of sp³-hybridized carbons (Fsp3) is 0.0667. The molecule has 1 aromatic heterocycles. The van der Waals surface area contributed by atoms with Crippen molar-refractivity contribution < 1.29 is 13.7 Å². The SMILES string of the molecule is O=[N+]([O-])c1ccc2c(ccn2Cc2ccc(F)c(F)c2)c1. The Morgan fingerprint density at radius 1 is 1.05 bits per heavy atom. The summed E-state index contributed by atoms with van der Waals surface area (Å²) in [6, 6.07) is 10.0. The Morgan fingerprint density at radius 3 is 2.57 bits per heavy atom. The molecule has 0 saturated carbocycles. The quantitative estimate of drug-likeness (QED) is 0.542. The zero-order valence-electron chi connectivity index (χ0n) is 10.8. The molecule has 0 aliphatic heterocycles. The normalized spacial score (nSPS) is 11.0. The highest BCUT2D eigenvalue weighted by molar-refractivity contribution is 5.82. The molecule has 0 atom stereocenters. The van der Waals surface area contributed by atoms with Crippen LogP contribution in [0.5, 0.6) is 0 Å². The van der Waals surface area contributed by atoms with Crippen LogP contribution in [0.3, 0.4) is 0 Å². The Morgan fingerprint density at radius 2 is 1.86 bits per heavy atom. The van der Waals surface area contributed by atoms with Gasteiger partial charge in [0.25, 0.3) is 5.69 Å². The van der Waals surface area contributed by atoms with Crippen molar-refractivity contribution in [3.8, 4) is 0 Å². The van der Waals surface area contributed by atoms with E-state index in [0.29, 0.717) is 12.1 Å². The van der Waals surface area contributed by atoms with Crippen molar-refractivity contribution in [1.29, 1.82) is 0 Å². The van der Waals surface area contributed by atoms with Crippen molar-refractivity contribution in [3.05, 3.63) is 76.0 Å². The topological polar surface area (TPSA) is 48.1 Å². The zero-order chi connectivity index (χ0) is 15.0. The number of hydrogen-bond acceptors (Lipinski definition) is 2. The van der Waals surface area contributed by atoms with E-state index < -0.39 is 16.6 Å². The number of nitro benzene ring substituents is 1. The molecule has 0 amide bonds. The minimum absolute atomic E-state index is 0.0214. The highest BCUT2D eigenvalue weighted by atomic mass is 19.2. The first-order chi connectivity index (χ1) is 10.0. The number of fused-ring (bicyclic) bond motifs is 1. The van der Waals surface area contributed by atoms with Gasteiger partial charge >= 0.3 is 0 Å². The van der Waals surface area contributed by atoms with E-state index in [1.54, 1.807) is 18.3 Å². The lowest BCUT2D eigenvalue weighted by Gasteiger charge is -2.06. The number of benzene rings is 2. The van der Waals surface area contributed by atoms with Crippen molar-refractivity contribution in [2.45, 2.75) is 6.54 Å². The van der Waals surface area contributed by atoms with E-state index in [1.807, 2.05) is 4.57 Å². The Bertz CT molecular complexity index is 843. The van der Waals surface area contributed by atoms with E-state index in [1.165, 1.54) is 18.2 Å². The van der Waals surface area contributed by atoms with Gasteiger partial charge in [-0.3, -0.25) is 10.1 Å². The monoisotopic (exact) mass is 288 g/mol. The van der Waals surface area contributed by atoms with Crippen LogP contribution in [0.25, 0.3) is 10.9 Å². The van der Waals surface area contributed by atoms with Gasteiger partial charge in [-0.15, -0.1) is 0 Å². The van der Waals surface area contributed by atoms with Crippen LogP contribution in [-0.2, 0) is 6.54 Å². The van der Waals surface area contributed by atoms with Crippen LogP contribution in [0.2, 0.25) is 0 Å². The summed E-state index contributed by atoms with van der Waals surface area (Å²) in [5.74, 6) is -1.77. The molecule has 0 fully saturated rings. The molecule has 4 nitrogen and oxygen atoms in total. The Labute approximate surface area is 118 Å². The molecule has 6 heteroatoms. The first kappa shape index (κ1) is 13.2. The standard InChI is InChI=1S/C15H10F2N2O2/c16-13-3-1-10(7-14(13)17)9-18-6-5-11-8-12(19(20)21)2-4-15(11)18/h1-8H,9H2. The zero-order valence-corrected chi connectivity index (χ0v) is 10.8. The lowest BCUT2D eigenvalue weighted by molar-refractivity contribution is -0.384. The summed E-state index contributed by atoms with van der Waals surface area (Å²) in [5.41, 5.74) is 1.43. The number of aromatic nitrogens is 1. The molecule has 0 unspecified atom stereocenters. The molecular formula is C15H10F2N2O2. The van der Waals surface area contributed by atoms with Gasteiger partial charge in [-0.2, -0.15) is 0 Å². The average molecular weight is 288 g/mol. The molecule has 3 aromatic rings. The summed E-state index contributed by atoms with van der Waals surface area (Å²) in [5, 5.41) is 11.5. The second-order valence-electron chi connectivity index (χ2n) is 4.69. The minimum Gasteiger partial charge on any atom is -0.343 e. The molecule has 0 N–H and O–H groups in total. The summed E-state index contributed by atoms with van der Waals surface area (Å²) >= 11 is 0. The fourth-order valence-corrected chi connectivity index (χ4v) is 2.27. The first-order valence-electron chi connectivity index (χ1n) is 6.22. The van der Waals surface area contributed by atoms with Crippen molar-refractivity contribution in [2.24, 2.45) is 0 Å². The summed E-state index contributed by atoms with van der Waals surface area (Å²) in [6.45, 7) is 0.360. The van der Waals surface area contributed by atoms with E-state index in [9.17, 15) is 18.9 Å². The number of hydrogen-bond donors (Lipinski definition) is 0. The highest BCUT2D eigenvalue weighted by Gasteiger charge is 2.09. The number of nitro groups is 1. The van der Waals surface area contributed by atoms with Gasteiger partial charge in [0.15, 0.2) is 11.6 Å². The molecule has 0 aliphatic carbocycles. The van der Waals surface area contributed by atoms with Crippen LogP contribution in [0, 0.1) is 21.7 Å². The fourth-order valence-electron chi connectivity index (χ4n) is 2.27. The Hall–Kier alpha value is -2.76. The smallest absolute Gasteiger partial charge is 0.270 e. The van der Waals surface area contributed by atoms with Gasteiger partial charge in [-0.25, -0.2) is 8.78 Å². The maximum atomic E-state index is 13.2. The first-order valence-corrected chi connectivity index (χ1v) is 6.22. The molecule has 3 rings (SSSR count). The molecule has 21 heavy (non-hydrogen) atoms. The maximum Gasteiger partial charge on any atom is 0.270 e. The lowest BCUT2D eigenvalue weighted by Crippen LogP contribution is -1.99. The van der Waals surface area contributed by atoms with Gasteiger partial charge in [0.1, 0.15) is 0 Å². The third-order valence-corrected chi connectivity index (χ3v) is 3.30. The van der Waals surface area contributed by atoms with Crippen molar-refractivity contribution in [2.75, 3.05) is 0 Å². The van der Waals surface area contributed by atoms with E-state index in [-0.39, 0.29) is 5.69 Å². The number of nitrogens with zero attached hydrogens (tertiary/aromatic N) is 2. The van der Waals surface area contributed by atoms with Gasteiger partial charge in [0.2, 0.25) is 0 Å². The van der Waals surface area contributed by atoms with Gasteiger partial charge < -0.3 is 4.57 Å². The van der Waals surface area contributed by atoms with Crippen molar-refractivity contribution >= 4 is 16.6 Å². The molecule has 0 saturated heterocycles. The molecular weight excluding hydrogens is 278 g/mol. The van der Waals surface area contributed by atoms with Crippen LogP contribution in [0.1, 0.15) is 5.56 Å². The average Bonchev–Trinajstić information content (AvgIpc) is 2.85. The van der Waals surface area contributed by atoms with Crippen molar-refractivity contribution in [3.63, 3.8) is 0 Å². The van der Waals surface area contributed by atoms with Crippen molar-refractivity contribution in [1.82, 2.24) is 4.57 Å². The molecule has 0 radical (unpaired) electrons. The second-order valence-corrected chi connectivity index (χ2v) is 4.69. The summed E-state index contributed by atoms with van der Waals surface area (Å²) < 4.78 is 27.9. The third kappa shape index (κ3) is 2.47. The van der Waals surface area contributed by atoms with E-state index in [4.69, 9.17) is 0 Å².